The van der Waals surface area contributed by atoms with E-state index >= 15 is 0 Å². The summed E-state index contributed by atoms with van der Waals surface area (Å²) in [6.45, 7) is 9.61. The van der Waals surface area contributed by atoms with Gasteiger partial charge in [-0.1, -0.05) is 26.8 Å². The molecule has 1 aliphatic rings. The van der Waals surface area contributed by atoms with Crippen LogP contribution in [-0.4, -0.2) is 21.0 Å². The van der Waals surface area contributed by atoms with E-state index in [1.54, 1.807) is 6.07 Å². The molecule has 0 saturated heterocycles. The zero-order chi connectivity index (χ0) is 15.8. The summed E-state index contributed by atoms with van der Waals surface area (Å²) in [6, 6.07) is 3.79. The molecule has 0 radical (unpaired) electrons. The van der Waals surface area contributed by atoms with Crippen LogP contribution in [0.3, 0.4) is 0 Å². The fraction of sp³-hybridized carbons (Fsp3) is 0.600. The van der Waals surface area contributed by atoms with Crippen LogP contribution < -0.4 is 10.0 Å². The van der Waals surface area contributed by atoms with Crippen LogP contribution in [0.5, 0.6) is 0 Å². The van der Waals surface area contributed by atoms with Gasteiger partial charge >= 0.3 is 0 Å². The van der Waals surface area contributed by atoms with E-state index in [1.165, 1.54) is 0 Å². The van der Waals surface area contributed by atoms with E-state index in [-0.39, 0.29) is 11.5 Å². The van der Waals surface area contributed by atoms with Crippen molar-refractivity contribution in [3.05, 3.63) is 27.7 Å². The molecular weight excluding hydrogens is 352 g/mol. The molecule has 2 N–H and O–H groups in total. The van der Waals surface area contributed by atoms with Crippen LogP contribution >= 0.6 is 15.9 Å². The standard InChI is InChI=1S/C15H23BrN2O2S/c1-5-17-9-11-6-10(2)14(16)12(7-11)21(19,20)18-13-8-15(13,3)4/h6-7,13,17-18H,5,8-9H2,1-4H3. The van der Waals surface area contributed by atoms with Gasteiger partial charge in [0.2, 0.25) is 10.0 Å². The molecule has 0 bridgehead atoms. The molecule has 2 rings (SSSR count). The second-order valence-electron chi connectivity index (χ2n) is 6.37. The molecule has 21 heavy (non-hydrogen) atoms. The maximum absolute atomic E-state index is 12.6. The van der Waals surface area contributed by atoms with Crippen LogP contribution in [-0.2, 0) is 16.6 Å². The smallest absolute Gasteiger partial charge is 0.241 e. The van der Waals surface area contributed by atoms with Crippen LogP contribution in [0.1, 0.15) is 38.3 Å². The summed E-state index contributed by atoms with van der Waals surface area (Å²) in [5, 5.41) is 3.23. The highest BCUT2D eigenvalue weighted by atomic mass is 79.9. The van der Waals surface area contributed by atoms with Crippen molar-refractivity contribution < 1.29 is 8.42 Å². The molecule has 0 aromatic heterocycles. The Morgan fingerprint density at radius 3 is 2.52 bits per heavy atom. The second kappa shape index (κ2) is 5.99. The Morgan fingerprint density at radius 2 is 2.00 bits per heavy atom. The van der Waals surface area contributed by atoms with Crippen molar-refractivity contribution in [3.8, 4) is 0 Å². The monoisotopic (exact) mass is 374 g/mol. The molecule has 1 atom stereocenters. The van der Waals surface area contributed by atoms with Crippen LogP contribution in [0.15, 0.2) is 21.5 Å². The number of benzene rings is 1. The fourth-order valence-corrected chi connectivity index (χ4v) is 4.77. The normalized spacial score (nSPS) is 20.5. The van der Waals surface area contributed by atoms with Crippen molar-refractivity contribution in [1.82, 2.24) is 10.0 Å². The average molecular weight is 375 g/mol. The highest BCUT2D eigenvalue weighted by molar-refractivity contribution is 9.10. The van der Waals surface area contributed by atoms with Crippen LogP contribution in [0.2, 0.25) is 0 Å². The summed E-state index contributed by atoms with van der Waals surface area (Å²) < 4.78 is 28.7. The molecule has 1 aromatic carbocycles. The Kier molecular flexibility index (Phi) is 4.83. The predicted octanol–water partition coefficient (Wildman–Crippen LogP) is 2.94. The quantitative estimate of drug-likeness (QED) is 0.804. The third-order valence-corrected chi connectivity index (χ3v) is 6.77. The van der Waals surface area contributed by atoms with Gasteiger partial charge in [-0.25, -0.2) is 13.1 Å². The number of sulfonamides is 1. The highest BCUT2D eigenvalue weighted by Gasteiger charge is 2.48. The van der Waals surface area contributed by atoms with Crippen molar-refractivity contribution >= 4 is 26.0 Å². The molecule has 1 saturated carbocycles. The van der Waals surface area contributed by atoms with Crippen molar-refractivity contribution in [2.75, 3.05) is 6.54 Å². The Balaban J connectivity index is 2.31. The lowest BCUT2D eigenvalue weighted by Crippen LogP contribution is -2.29. The third-order valence-electron chi connectivity index (χ3n) is 3.96. The number of rotatable bonds is 6. The van der Waals surface area contributed by atoms with Gasteiger partial charge in [-0.3, -0.25) is 0 Å². The maximum atomic E-state index is 12.6. The minimum atomic E-state index is -3.49. The summed E-state index contributed by atoms with van der Waals surface area (Å²) in [7, 11) is -3.49. The first-order valence-corrected chi connectivity index (χ1v) is 9.47. The first-order chi connectivity index (χ1) is 9.67. The number of hydrogen-bond acceptors (Lipinski definition) is 3. The summed E-state index contributed by atoms with van der Waals surface area (Å²) in [6.07, 6.45) is 0.889. The van der Waals surface area contributed by atoms with E-state index in [1.807, 2.05) is 19.9 Å². The third kappa shape index (κ3) is 3.86. The van der Waals surface area contributed by atoms with Gasteiger partial charge in [-0.05, 0) is 58.4 Å². The van der Waals surface area contributed by atoms with E-state index in [4.69, 9.17) is 0 Å². The highest BCUT2D eigenvalue weighted by Crippen LogP contribution is 2.45. The Morgan fingerprint density at radius 1 is 1.38 bits per heavy atom. The van der Waals surface area contributed by atoms with E-state index in [0.29, 0.717) is 15.9 Å². The predicted molar refractivity (Wildman–Crippen MR) is 88.8 cm³/mol. The Labute approximate surface area is 135 Å². The Bertz CT molecular complexity index is 641. The van der Waals surface area contributed by atoms with Gasteiger partial charge in [-0.2, -0.15) is 0 Å². The van der Waals surface area contributed by atoms with Gasteiger partial charge in [0.05, 0.1) is 4.90 Å². The molecule has 0 aliphatic heterocycles. The lowest BCUT2D eigenvalue weighted by molar-refractivity contribution is 0.554. The Hall–Kier alpha value is -0.430. The van der Waals surface area contributed by atoms with Crippen LogP contribution in [0, 0.1) is 12.3 Å². The molecule has 0 spiro atoms. The van der Waals surface area contributed by atoms with E-state index in [0.717, 1.165) is 24.1 Å². The molecule has 0 heterocycles. The molecule has 118 valence electrons. The molecule has 0 amide bonds. The first-order valence-electron chi connectivity index (χ1n) is 7.19. The van der Waals surface area contributed by atoms with Gasteiger partial charge < -0.3 is 5.32 Å². The van der Waals surface area contributed by atoms with E-state index < -0.39 is 10.0 Å². The molecule has 1 unspecified atom stereocenters. The largest absolute Gasteiger partial charge is 0.313 e. The molecule has 4 nitrogen and oxygen atoms in total. The topological polar surface area (TPSA) is 58.2 Å². The summed E-state index contributed by atoms with van der Waals surface area (Å²) in [5.41, 5.74) is 1.98. The lowest BCUT2D eigenvalue weighted by Gasteiger charge is -2.13. The van der Waals surface area contributed by atoms with Gasteiger partial charge in [0.25, 0.3) is 0 Å². The van der Waals surface area contributed by atoms with Crippen molar-refractivity contribution in [2.45, 2.75) is 51.6 Å². The SMILES string of the molecule is CCNCc1cc(C)c(Br)c(S(=O)(=O)NC2CC2(C)C)c1. The molecular formula is C15H23BrN2O2S. The summed E-state index contributed by atoms with van der Waals surface area (Å²) >= 11 is 3.42. The van der Waals surface area contributed by atoms with E-state index in [9.17, 15) is 8.42 Å². The van der Waals surface area contributed by atoms with Crippen molar-refractivity contribution in [1.29, 1.82) is 0 Å². The van der Waals surface area contributed by atoms with Gasteiger partial charge in [0.1, 0.15) is 0 Å². The maximum Gasteiger partial charge on any atom is 0.241 e. The molecule has 1 aromatic rings. The minimum absolute atomic E-state index is 0.0344. The summed E-state index contributed by atoms with van der Waals surface area (Å²) in [5.74, 6) is 0. The van der Waals surface area contributed by atoms with E-state index in [2.05, 4.69) is 39.8 Å². The fourth-order valence-electron chi connectivity index (χ4n) is 2.30. The van der Waals surface area contributed by atoms with Crippen LogP contribution in [0.25, 0.3) is 0 Å². The molecule has 1 aliphatic carbocycles. The molecule has 1 fully saturated rings. The zero-order valence-electron chi connectivity index (χ0n) is 13.0. The minimum Gasteiger partial charge on any atom is -0.313 e. The zero-order valence-corrected chi connectivity index (χ0v) is 15.4. The van der Waals surface area contributed by atoms with Gasteiger partial charge in [-0.15, -0.1) is 0 Å². The first kappa shape index (κ1) is 16.9. The second-order valence-corrected chi connectivity index (χ2v) is 8.85. The summed E-state index contributed by atoms with van der Waals surface area (Å²) in [4.78, 5) is 0.332. The number of aryl methyl sites for hydroxylation is 1. The lowest BCUT2D eigenvalue weighted by atomic mass is 10.1. The average Bonchev–Trinajstić information content (AvgIpc) is 2.96. The van der Waals surface area contributed by atoms with Gasteiger partial charge in [0, 0.05) is 17.1 Å². The van der Waals surface area contributed by atoms with Crippen molar-refractivity contribution in [3.63, 3.8) is 0 Å². The number of nitrogens with one attached hydrogen (secondary N) is 2. The van der Waals surface area contributed by atoms with Crippen LogP contribution in [0.4, 0.5) is 0 Å². The number of hydrogen-bond donors (Lipinski definition) is 2. The van der Waals surface area contributed by atoms with Gasteiger partial charge in [0.15, 0.2) is 0 Å². The number of halogens is 1. The van der Waals surface area contributed by atoms with Crippen molar-refractivity contribution in [2.24, 2.45) is 5.41 Å². The molecule has 6 heteroatoms.